The van der Waals surface area contributed by atoms with Crippen LogP contribution in [0.15, 0.2) is 66.7 Å². The smallest absolute Gasteiger partial charge is 0.141 e. The summed E-state index contributed by atoms with van der Waals surface area (Å²) < 4.78 is 2.33. The second-order valence-corrected chi connectivity index (χ2v) is 7.01. The lowest BCUT2D eigenvalue weighted by atomic mass is 10.1. The predicted octanol–water partition coefficient (Wildman–Crippen LogP) is 5.51. The first-order chi connectivity index (χ1) is 12.5. The third-order valence-electron chi connectivity index (χ3n) is 4.96. The Kier molecular flexibility index (Phi) is 4.00. The van der Waals surface area contributed by atoms with E-state index in [0.717, 1.165) is 28.1 Å². The van der Waals surface area contributed by atoms with Gasteiger partial charge in [0, 0.05) is 11.3 Å². The molecule has 0 aliphatic carbocycles. The van der Waals surface area contributed by atoms with Gasteiger partial charge in [0.2, 0.25) is 0 Å². The Balaban J connectivity index is 1.95. The molecule has 1 unspecified atom stereocenters. The molecule has 0 saturated heterocycles. The van der Waals surface area contributed by atoms with Crippen molar-refractivity contribution in [2.24, 2.45) is 0 Å². The average Bonchev–Trinajstić information content (AvgIpc) is 3.01. The Bertz CT molecular complexity index is 1060. The van der Waals surface area contributed by atoms with Crippen molar-refractivity contribution < 1.29 is 0 Å². The standard InChI is InChI=1S/C23H23N3/c1-15-4-7-18(8-5-15)17(3)26-22-14-16(2)6-13-21(22)25-23(26)19-9-11-20(24)12-10-19/h4-14,17H,24H2,1-3H3. The molecule has 26 heavy (non-hydrogen) atoms. The molecule has 1 atom stereocenters. The largest absolute Gasteiger partial charge is 0.399 e. The summed E-state index contributed by atoms with van der Waals surface area (Å²) in [7, 11) is 0. The molecule has 0 aliphatic rings. The molecule has 130 valence electrons. The van der Waals surface area contributed by atoms with Gasteiger partial charge in [0.15, 0.2) is 0 Å². The maximum absolute atomic E-state index is 5.88. The molecule has 0 aliphatic heterocycles. The van der Waals surface area contributed by atoms with Crippen LogP contribution in [0, 0.1) is 13.8 Å². The van der Waals surface area contributed by atoms with Crippen LogP contribution in [-0.2, 0) is 0 Å². The summed E-state index contributed by atoms with van der Waals surface area (Å²) in [4.78, 5) is 4.94. The Hall–Kier alpha value is -3.07. The lowest BCUT2D eigenvalue weighted by Crippen LogP contribution is -2.08. The molecular formula is C23H23N3. The minimum Gasteiger partial charge on any atom is -0.399 e. The van der Waals surface area contributed by atoms with Gasteiger partial charge >= 0.3 is 0 Å². The zero-order valence-corrected chi connectivity index (χ0v) is 15.4. The number of hydrogen-bond acceptors (Lipinski definition) is 2. The fourth-order valence-electron chi connectivity index (χ4n) is 3.42. The first-order valence-electron chi connectivity index (χ1n) is 8.94. The molecular weight excluding hydrogens is 318 g/mol. The fraction of sp³-hybridized carbons (Fsp3) is 0.174. The number of aryl methyl sites for hydroxylation is 2. The van der Waals surface area contributed by atoms with Gasteiger partial charge < -0.3 is 10.3 Å². The molecule has 1 heterocycles. The van der Waals surface area contributed by atoms with E-state index in [4.69, 9.17) is 10.7 Å². The normalized spacial score (nSPS) is 12.4. The summed E-state index contributed by atoms with van der Waals surface area (Å²) in [6.07, 6.45) is 0. The van der Waals surface area contributed by atoms with Gasteiger partial charge in [0.1, 0.15) is 5.82 Å². The Morgan fingerprint density at radius 3 is 2.19 bits per heavy atom. The van der Waals surface area contributed by atoms with Crippen LogP contribution in [0.2, 0.25) is 0 Å². The van der Waals surface area contributed by atoms with Crippen LogP contribution >= 0.6 is 0 Å². The van der Waals surface area contributed by atoms with E-state index in [1.807, 2.05) is 24.3 Å². The van der Waals surface area contributed by atoms with Crippen molar-refractivity contribution >= 4 is 16.7 Å². The highest BCUT2D eigenvalue weighted by Gasteiger charge is 2.18. The molecule has 3 aromatic carbocycles. The van der Waals surface area contributed by atoms with Crippen molar-refractivity contribution in [2.75, 3.05) is 5.73 Å². The van der Waals surface area contributed by atoms with Crippen LogP contribution in [0.1, 0.15) is 29.7 Å². The van der Waals surface area contributed by atoms with Gasteiger partial charge in [-0.2, -0.15) is 0 Å². The number of anilines is 1. The van der Waals surface area contributed by atoms with Crippen LogP contribution in [0.4, 0.5) is 5.69 Å². The molecule has 4 rings (SSSR count). The minimum atomic E-state index is 0.176. The number of imidazole rings is 1. The molecule has 0 saturated carbocycles. The third kappa shape index (κ3) is 2.86. The highest BCUT2D eigenvalue weighted by atomic mass is 15.1. The predicted molar refractivity (Wildman–Crippen MR) is 109 cm³/mol. The van der Waals surface area contributed by atoms with Crippen LogP contribution in [0.3, 0.4) is 0 Å². The van der Waals surface area contributed by atoms with Crippen LogP contribution < -0.4 is 5.73 Å². The van der Waals surface area contributed by atoms with E-state index in [2.05, 4.69) is 67.8 Å². The number of benzene rings is 3. The fourth-order valence-corrected chi connectivity index (χ4v) is 3.42. The van der Waals surface area contributed by atoms with Crippen molar-refractivity contribution in [2.45, 2.75) is 26.8 Å². The van der Waals surface area contributed by atoms with E-state index in [1.54, 1.807) is 0 Å². The quantitative estimate of drug-likeness (QED) is 0.499. The zero-order chi connectivity index (χ0) is 18.3. The lowest BCUT2D eigenvalue weighted by Gasteiger charge is -2.19. The number of nitrogens with two attached hydrogens (primary N) is 1. The van der Waals surface area contributed by atoms with E-state index < -0.39 is 0 Å². The van der Waals surface area contributed by atoms with Crippen LogP contribution in [0.5, 0.6) is 0 Å². The number of nitrogen functional groups attached to an aromatic ring is 1. The van der Waals surface area contributed by atoms with Gasteiger partial charge in [0.05, 0.1) is 17.1 Å². The summed E-state index contributed by atoms with van der Waals surface area (Å²) in [6, 6.07) is 23.3. The number of fused-ring (bicyclic) bond motifs is 1. The van der Waals surface area contributed by atoms with Gasteiger partial charge in [-0.05, 0) is 68.3 Å². The summed E-state index contributed by atoms with van der Waals surface area (Å²) >= 11 is 0. The van der Waals surface area contributed by atoms with Crippen molar-refractivity contribution in [3.05, 3.63) is 83.4 Å². The molecule has 2 N–H and O–H groups in total. The zero-order valence-electron chi connectivity index (χ0n) is 15.4. The number of hydrogen-bond donors (Lipinski definition) is 1. The number of nitrogens with zero attached hydrogens (tertiary/aromatic N) is 2. The number of aromatic nitrogens is 2. The average molecular weight is 341 g/mol. The highest BCUT2D eigenvalue weighted by Crippen LogP contribution is 2.32. The van der Waals surface area contributed by atoms with Crippen molar-refractivity contribution in [1.29, 1.82) is 0 Å². The molecule has 1 aromatic heterocycles. The van der Waals surface area contributed by atoms with E-state index >= 15 is 0 Å². The van der Waals surface area contributed by atoms with Gasteiger partial charge in [0.25, 0.3) is 0 Å². The lowest BCUT2D eigenvalue weighted by molar-refractivity contribution is 0.665. The summed E-state index contributed by atoms with van der Waals surface area (Å²) in [5.41, 5.74) is 13.7. The second kappa shape index (κ2) is 6.34. The van der Waals surface area contributed by atoms with Crippen LogP contribution in [0.25, 0.3) is 22.4 Å². The SMILES string of the molecule is Cc1ccc(C(C)n2c(-c3ccc(N)cc3)nc3ccc(C)cc32)cc1. The molecule has 0 amide bonds. The summed E-state index contributed by atoms with van der Waals surface area (Å²) in [5.74, 6) is 0.971. The maximum atomic E-state index is 5.88. The summed E-state index contributed by atoms with van der Waals surface area (Å²) in [6.45, 7) is 6.47. The van der Waals surface area contributed by atoms with E-state index in [1.165, 1.54) is 16.7 Å². The Morgan fingerprint density at radius 1 is 0.846 bits per heavy atom. The maximum Gasteiger partial charge on any atom is 0.141 e. The molecule has 3 nitrogen and oxygen atoms in total. The first-order valence-corrected chi connectivity index (χ1v) is 8.94. The van der Waals surface area contributed by atoms with Crippen LogP contribution in [-0.4, -0.2) is 9.55 Å². The molecule has 0 radical (unpaired) electrons. The summed E-state index contributed by atoms with van der Waals surface area (Å²) in [5, 5.41) is 0. The van der Waals surface area contributed by atoms with Crippen molar-refractivity contribution in [1.82, 2.24) is 9.55 Å². The second-order valence-electron chi connectivity index (χ2n) is 7.01. The minimum absolute atomic E-state index is 0.176. The van der Waals surface area contributed by atoms with Crippen molar-refractivity contribution in [3.63, 3.8) is 0 Å². The van der Waals surface area contributed by atoms with E-state index in [-0.39, 0.29) is 6.04 Å². The van der Waals surface area contributed by atoms with Gasteiger partial charge in [-0.1, -0.05) is 35.9 Å². The Labute approximate surface area is 154 Å². The number of rotatable bonds is 3. The van der Waals surface area contributed by atoms with Gasteiger partial charge in [-0.15, -0.1) is 0 Å². The molecule has 0 bridgehead atoms. The monoisotopic (exact) mass is 341 g/mol. The third-order valence-corrected chi connectivity index (χ3v) is 4.96. The molecule has 0 spiro atoms. The van der Waals surface area contributed by atoms with Crippen molar-refractivity contribution in [3.8, 4) is 11.4 Å². The van der Waals surface area contributed by atoms with E-state index in [0.29, 0.717) is 0 Å². The topological polar surface area (TPSA) is 43.8 Å². The van der Waals surface area contributed by atoms with E-state index in [9.17, 15) is 0 Å². The highest BCUT2D eigenvalue weighted by molar-refractivity contribution is 5.82. The molecule has 4 aromatic rings. The molecule has 0 fully saturated rings. The Morgan fingerprint density at radius 2 is 1.50 bits per heavy atom. The van der Waals surface area contributed by atoms with Gasteiger partial charge in [-0.3, -0.25) is 0 Å². The first kappa shape index (κ1) is 16.4. The van der Waals surface area contributed by atoms with Gasteiger partial charge in [-0.25, -0.2) is 4.98 Å². The molecule has 3 heteroatoms.